The molecule has 0 aromatic heterocycles. The maximum Gasteiger partial charge on any atom is 0.333 e. The average molecular weight is 543 g/mol. The summed E-state index contributed by atoms with van der Waals surface area (Å²) in [7, 11) is 1.27. The third-order valence-corrected chi connectivity index (χ3v) is 5.34. The van der Waals surface area contributed by atoms with E-state index in [1.807, 2.05) is 27.7 Å². The fraction of sp³-hybridized carbons (Fsp3) is 0.750. The van der Waals surface area contributed by atoms with Crippen LogP contribution in [0.5, 0.6) is 0 Å². The van der Waals surface area contributed by atoms with Gasteiger partial charge in [0.1, 0.15) is 18.3 Å². The number of hydrogen-bond acceptors (Lipinski definition) is 10. The highest BCUT2D eigenvalue weighted by atomic mass is 16.6. The molecule has 0 aromatic rings. The summed E-state index contributed by atoms with van der Waals surface area (Å²) in [6, 6.07) is 0. The largest absolute Gasteiger partial charge is 0.466 e. The van der Waals surface area contributed by atoms with Gasteiger partial charge in [-0.15, -0.1) is 0 Å². The van der Waals surface area contributed by atoms with Crippen LogP contribution < -0.4 is 0 Å². The van der Waals surface area contributed by atoms with E-state index >= 15 is 0 Å². The topological polar surface area (TPSA) is 132 Å². The van der Waals surface area contributed by atoms with Crippen LogP contribution in [0.25, 0.3) is 0 Å². The molecule has 0 amide bonds. The van der Waals surface area contributed by atoms with Crippen molar-refractivity contribution in [3.63, 3.8) is 0 Å². The second kappa shape index (κ2) is 19.2. The van der Waals surface area contributed by atoms with Crippen molar-refractivity contribution in [2.45, 2.75) is 112 Å². The number of ether oxygens (including phenoxy) is 5. The zero-order valence-electron chi connectivity index (χ0n) is 24.2. The Morgan fingerprint density at radius 1 is 0.789 bits per heavy atom. The predicted molar refractivity (Wildman–Crippen MR) is 140 cm³/mol. The highest BCUT2D eigenvalue weighted by molar-refractivity contribution is 5.87. The first kappa shape index (κ1) is 35.1. The van der Waals surface area contributed by atoms with E-state index in [1.165, 1.54) is 14.0 Å². The minimum atomic E-state index is -0.934. The molecule has 0 radical (unpaired) electrons. The van der Waals surface area contributed by atoms with Crippen molar-refractivity contribution in [1.82, 2.24) is 0 Å². The smallest absolute Gasteiger partial charge is 0.333 e. The van der Waals surface area contributed by atoms with E-state index in [1.54, 1.807) is 19.9 Å². The predicted octanol–water partition coefficient (Wildman–Crippen LogP) is 4.47. The van der Waals surface area contributed by atoms with Crippen LogP contribution in [0.1, 0.15) is 93.4 Å². The summed E-state index contributed by atoms with van der Waals surface area (Å²) in [5.41, 5.74) is 0.331. The molecule has 0 aliphatic heterocycles. The molecule has 10 nitrogen and oxygen atoms in total. The third kappa shape index (κ3) is 16.8. The maximum atomic E-state index is 12.6. The van der Waals surface area contributed by atoms with E-state index in [4.69, 9.17) is 23.7 Å². The first-order valence-electron chi connectivity index (χ1n) is 13.3. The van der Waals surface area contributed by atoms with Gasteiger partial charge in [0.15, 0.2) is 0 Å². The molecular weight excluding hydrogens is 496 g/mol. The lowest BCUT2D eigenvalue weighted by Gasteiger charge is -2.29. The van der Waals surface area contributed by atoms with Crippen LogP contribution in [0.2, 0.25) is 0 Å². The van der Waals surface area contributed by atoms with Crippen LogP contribution in [-0.4, -0.2) is 61.9 Å². The van der Waals surface area contributed by atoms with Crippen molar-refractivity contribution in [1.29, 1.82) is 0 Å². The highest BCUT2D eigenvalue weighted by Crippen LogP contribution is 2.22. The van der Waals surface area contributed by atoms with Gasteiger partial charge in [0.05, 0.1) is 13.7 Å². The minimum Gasteiger partial charge on any atom is -0.466 e. The van der Waals surface area contributed by atoms with Crippen LogP contribution in [0.15, 0.2) is 11.6 Å². The molecule has 0 heterocycles. The Labute approximate surface area is 226 Å². The summed E-state index contributed by atoms with van der Waals surface area (Å²) in [4.78, 5) is 60.3. The molecule has 0 spiro atoms. The zero-order valence-corrected chi connectivity index (χ0v) is 24.2. The van der Waals surface area contributed by atoms with Gasteiger partial charge >= 0.3 is 29.8 Å². The van der Waals surface area contributed by atoms with Crippen molar-refractivity contribution < 1.29 is 47.7 Å². The van der Waals surface area contributed by atoms with E-state index in [2.05, 4.69) is 0 Å². The Kier molecular flexibility index (Phi) is 17.7. The molecule has 0 saturated carbocycles. The van der Waals surface area contributed by atoms with E-state index in [0.717, 1.165) is 0 Å². The molecule has 0 aromatic carbocycles. The summed E-state index contributed by atoms with van der Waals surface area (Å²) < 4.78 is 26.8. The van der Waals surface area contributed by atoms with Gasteiger partial charge in [0, 0.05) is 44.6 Å². The summed E-state index contributed by atoms with van der Waals surface area (Å²) in [6.45, 7) is 12.2. The molecule has 0 unspecified atom stereocenters. The number of methoxy groups -OCH3 is 1. The van der Waals surface area contributed by atoms with E-state index in [9.17, 15) is 24.0 Å². The van der Waals surface area contributed by atoms with Gasteiger partial charge in [-0.05, 0) is 31.6 Å². The molecule has 38 heavy (non-hydrogen) atoms. The summed E-state index contributed by atoms with van der Waals surface area (Å²) in [5, 5.41) is 0. The van der Waals surface area contributed by atoms with Crippen LogP contribution in [0.3, 0.4) is 0 Å². The molecule has 0 aliphatic rings. The van der Waals surface area contributed by atoms with Gasteiger partial charge in [-0.1, -0.05) is 40.7 Å². The molecule has 0 rings (SSSR count). The van der Waals surface area contributed by atoms with Gasteiger partial charge in [0.25, 0.3) is 0 Å². The van der Waals surface area contributed by atoms with Gasteiger partial charge < -0.3 is 23.7 Å². The second-order valence-corrected chi connectivity index (χ2v) is 10.1. The highest BCUT2D eigenvalue weighted by Gasteiger charge is 2.32. The standard InChI is InChI=1S/C28H46O10/c1-9-25(30)37-22(13-12-20(6)28(33)34-8)17-24(36-21(7)29)23(38-27(32)16-19(4)5)11-10-14-35-26(31)15-18(2)3/h12,18-19,22-24H,9-11,13-17H2,1-8H3/b20-12+/t22-,23-,24+/m0/s1. The molecule has 218 valence electrons. The van der Waals surface area contributed by atoms with Crippen LogP contribution in [0.4, 0.5) is 0 Å². The number of esters is 5. The van der Waals surface area contributed by atoms with Crippen molar-refractivity contribution in [3.8, 4) is 0 Å². The first-order valence-corrected chi connectivity index (χ1v) is 13.3. The Hall–Kier alpha value is -2.91. The average Bonchev–Trinajstić information content (AvgIpc) is 2.81. The van der Waals surface area contributed by atoms with Crippen molar-refractivity contribution in [3.05, 3.63) is 11.6 Å². The van der Waals surface area contributed by atoms with Crippen LogP contribution in [-0.2, 0) is 47.7 Å². The molecule has 0 bridgehead atoms. The van der Waals surface area contributed by atoms with Crippen molar-refractivity contribution in [2.24, 2.45) is 11.8 Å². The number of carbonyl (C=O) groups is 5. The van der Waals surface area contributed by atoms with Crippen LogP contribution in [0, 0.1) is 11.8 Å². The third-order valence-electron chi connectivity index (χ3n) is 5.34. The monoisotopic (exact) mass is 542 g/mol. The quantitative estimate of drug-likeness (QED) is 0.106. The second-order valence-electron chi connectivity index (χ2n) is 10.1. The lowest BCUT2D eigenvalue weighted by Crippen LogP contribution is -2.39. The fourth-order valence-corrected chi connectivity index (χ4v) is 3.50. The molecule has 10 heteroatoms. The van der Waals surface area contributed by atoms with Gasteiger partial charge in [-0.25, -0.2) is 4.79 Å². The zero-order chi connectivity index (χ0) is 29.3. The summed E-state index contributed by atoms with van der Waals surface area (Å²) >= 11 is 0. The maximum absolute atomic E-state index is 12.6. The van der Waals surface area contributed by atoms with E-state index in [0.29, 0.717) is 18.4 Å². The van der Waals surface area contributed by atoms with Crippen molar-refractivity contribution >= 4 is 29.8 Å². The SMILES string of the molecule is CCC(=O)O[C@@H](C/C=C(\C)C(=O)OC)C[C@@H](OC(C)=O)[C@H](CCCOC(=O)CC(C)C)OC(=O)CC(C)C. The number of hydrogen-bond donors (Lipinski definition) is 0. The van der Waals surface area contributed by atoms with E-state index in [-0.39, 0.29) is 56.5 Å². The minimum absolute atomic E-state index is 0.0308. The Morgan fingerprint density at radius 3 is 1.92 bits per heavy atom. The number of rotatable bonds is 18. The molecule has 0 fully saturated rings. The van der Waals surface area contributed by atoms with Gasteiger partial charge in [0.2, 0.25) is 0 Å². The van der Waals surface area contributed by atoms with Gasteiger partial charge in [-0.3, -0.25) is 19.2 Å². The number of carbonyl (C=O) groups excluding carboxylic acids is 5. The molecule has 0 N–H and O–H groups in total. The Bertz CT molecular complexity index is 799. The molecular formula is C28H46O10. The fourth-order valence-electron chi connectivity index (χ4n) is 3.50. The Morgan fingerprint density at radius 2 is 1.39 bits per heavy atom. The van der Waals surface area contributed by atoms with Crippen LogP contribution >= 0.6 is 0 Å². The summed E-state index contributed by atoms with van der Waals surface area (Å²) in [5.74, 6) is -2.13. The van der Waals surface area contributed by atoms with Gasteiger partial charge in [-0.2, -0.15) is 0 Å². The lowest BCUT2D eigenvalue weighted by atomic mass is 9.99. The lowest BCUT2D eigenvalue weighted by molar-refractivity contribution is -0.173. The summed E-state index contributed by atoms with van der Waals surface area (Å²) in [6.07, 6.45) is 0.423. The molecule has 0 aliphatic carbocycles. The molecule has 0 saturated heterocycles. The van der Waals surface area contributed by atoms with E-state index < -0.39 is 42.2 Å². The first-order chi connectivity index (χ1) is 17.8. The van der Waals surface area contributed by atoms with Crippen molar-refractivity contribution in [2.75, 3.05) is 13.7 Å². The Balaban J connectivity index is 5.80. The molecule has 3 atom stereocenters. The normalized spacial score (nSPS) is 13.9.